The van der Waals surface area contributed by atoms with Gasteiger partial charge in [0.05, 0.1) is 0 Å². The lowest BCUT2D eigenvalue weighted by Crippen LogP contribution is -2.28. The van der Waals surface area contributed by atoms with Crippen molar-refractivity contribution in [1.29, 1.82) is 0 Å². The fraction of sp³-hybridized carbons (Fsp3) is 0.438. The van der Waals surface area contributed by atoms with Gasteiger partial charge in [-0.25, -0.2) is 9.97 Å². The summed E-state index contributed by atoms with van der Waals surface area (Å²) in [5.41, 5.74) is 0. The maximum absolute atomic E-state index is 11.5. The van der Waals surface area contributed by atoms with Gasteiger partial charge in [0.25, 0.3) is 0 Å². The van der Waals surface area contributed by atoms with E-state index >= 15 is 0 Å². The molecule has 2 aromatic heterocycles. The minimum atomic E-state index is 0.107. The predicted molar refractivity (Wildman–Crippen MR) is 87.1 cm³/mol. The Balaban J connectivity index is 1.84. The molecule has 0 spiro atoms. The van der Waals surface area contributed by atoms with E-state index in [1.165, 1.54) is 0 Å². The van der Waals surface area contributed by atoms with Gasteiger partial charge in [0.15, 0.2) is 0 Å². The number of carbonyl (C=O) groups excluding carboxylic acids is 1. The Labute approximate surface area is 131 Å². The van der Waals surface area contributed by atoms with E-state index in [0.717, 1.165) is 24.5 Å². The topological polar surface area (TPSA) is 71.8 Å². The van der Waals surface area contributed by atoms with Crippen LogP contribution in [0.3, 0.4) is 0 Å². The fourth-order valence-corrected chi connectivity index (χ4v) is 2.08. The Hall–Kier alpha value is -2.37. The molecule has 6 nitrogen and oxygen atoms in total. The molecule has 1 amide bonds. The maximum Gasteiger partial charge on any atom is 0.220 e. The van der Waals surface area contributed by atoms with E-state index in [-0.39, 0.29) is 5.91 Å². The van der Waals surface area contributed by atoms with Crippen molar-refractivity contribution < 1.29 is 4.79 Å². The lowest BCUT2D eigenvalue weighted by Gasteiger charge is -2.10. The van der Waals surface area contributed by atoms with Crippen LogP contribution in [0.5, 0.6) is 0 Å². The molecular formula is C16H23N5O. The van der Waals surface area contributed by atoms with E-state index in [2.05, 4.69) is 27.5 Å². The molecule has 2 N–H and O–H groups in total. The van der Waals surface area contributed by atoms with Gasteiger partial charge in [-0.05, 0) is 25.5 Å². The SMILES string of the molecule is CCCCC(=O)NCCNc1cc(-n2cccc2)nc(C)n1. The summed E-state index contributed by atoms with van der Waals surface area (Å²) in [5.74, 6) is 2.40. The molecule has 22 heavy (non-hydrogen) atoms. The van der Waals surface area contributed by atoms with Gasteiger partial charge in [-0.2, -0.15) is 0 Å². The molecule has 0 aliphatic heterocycles. The standard InChI is InChI=1S/C16H23N5O/c1-3-4-7-16(22)18-9-8-17-14-12-15(20-13(2)19-14)21-10-5-6-11-21/h5-6,10-12H,3-4,7-9H2,1-2H3,(H,18,22)(H,17,19,20). The Bertz CT molecular complexity index is 595. The third-order valence-corrected chi connectivity index (χ3v) is 3.20. The van der Waals surface area contributed by atoms with Crippen LogP contribution >= 0.6 is 0 Å². The average Bonchev–Trinajstić information content (AvgIpc) is 3.03. The Morgan fingerprint density at radius 2 is 2.00 bits per heavy atom. The minimum Gasteiger partial charge on any atom is -0.368 e. The number of hydrogen-bond donors (Lipinski definition) is 2. The zero-order valence-electron chi connectivity index (χ0n) is 13.2. The largest absolute Gasteiger partial charge is 0.368 e. The van der Waals surface area contributed by atoms with Gasteiger partial charge < -0.3 is 15.2 Å². The summed E-state index contributed by atoms with van der Waals surface area (Å²) in [7, 11) is 0. The molecule has 0 fully saturated rings. The quantitative estimate of drug-likeness (QED) is 0.734. The highest BCUT2D eigenvalue weighted by Crippen LogP contribution is 2.10. The van der Waals surface area contributed by atoms with Gasteiger partial charge in [0, 0.05) is 38.0 Å². The second kappa shape index (κ2) is 8.17. The summed E-state index contributed by atoms with van der Waals surface area (Å²) in [5, 5.41) is 6.11. The Morgan fingerprint density at radius 1 is 1.23 bits per heavy atom. The van der Waals surface area contributed by atoms with Crippen molar-refractivity contribution in [3.05, 3.63) is 36.4 Å². The van der Waals surface area contributed by atoms with Crippen molar-refractivity contribution in [2.45, 2.75) is 33.1 Å². The lowest BCUT2D eigenvalue weighted by molar-refractivity contribution is -0.121. The van der Waals surface area contributed by atoms with E-state index in [1.54, 1.807) is 0 Å². The van der Waals surface area contributed by atoms with E-state index in [1.807, 2.05) is 42.1 Å². The second-order valence-electron chi connectivity index (χ2n) is 5.13. The molecule has 0 atom stereocenters. The summed E-state index contributed by atoms with van der Waals surface area (Å²) in [4.78, 5) is 20.3. The molecule has 0 unspecified atom stereocenters. The highest BCUT2D eigenvalue weighted by molar-refractivity contribution is 5.75. The number of hydrogen-bond acceptors (Lipinski definition) is 4. The molecule has 6 heteroatoms. The number of unbranched alkanes of at least 4 members (excludes halogenated alkanes) is 1. The number of amides is 1. The fourth-order valence-electron chi connectivity index (χ4n) is 2.08. The van der Waals surface area contributed by atoms with E-state index in [0.29, 0.717) is 25.3 Å². The minimum absolute atomic E-state index is 0.107. The number of aromatic nitrogens is 3. The molecule has 0 aliphatic carbocycles. The monoisotopic (exact) mass is 301 g/mol. The second-order valence-corrected chi connectivity index (χ2v) is 5.13. The Kier molecular flexibility index (Phi) is 5.94. The molecule has 118 valence electrons. The predicted octanol–water partition coefficient (Wildman–Crippen LogP) is 2.29. The lowest BCUT2D eigenvalue weighted by atomic mass is 10.2. The van der Waals surface area contributed by atoms with Crippen molar-refractivity contribution in [2.75, 3.05) is 18.4 Å². The van der Waals surface area contributed by atoms with Crippen LogP contribution in [-0.4, -0.2) is 33.5 Å². The molecular weight excluding hydrogens is 278 g/mol. The van der Waals surface area contributed by atoms with Crippen LogP contribution in [0.4, 0.5) is 5.82 Å². The van der Waals surface area contributed by atoms with E-state index in [4.69, 9.17) is 0 Å². The number of anilines is 1. The van der Waals surface area contributed by atoms with Gasteiger partial charge in [-0.1, -0.05) is 13.3 Å². The van der Waals surface area contributed by atoms with Crippen LogP contribution in [0.15, 0.2) is 30.6 Å². The van der Waals surface area contributed by atoms with Crippen LogP contribution in [0.1, 0.15) is 32.0 Å². The summed E-state index contributed by atoms with van der Waals surface area (Å²) in [6.07, 6.45) is 6.46. The number of nitrogens with one attached hydrogen (secondary N) is 2. The van der Waals surface area contributed by atoms with E-state index < -0.39 is 0 Å². The summed E-state index contributed by atoms with van der Waals surface area (Å²) in [6.45, 7) is 5.17. The van der Waals surface area contributed by atoms with Crippen molar-refractivity contribution in [1.82, 2.24) is 19.9 Å². The summed E-state index contributed by atoms with van der Waals surface area (Å²) < 4.78 is 1.94. The molecule has 0 aromatic carbocycles. The van der Waals surface area contributed by atoms with Gasteiger partial charge in [-0.15, -0.1) is 0 Å². The molecule has 0 saturated heterocycles. The third-order valence-electron chi connectivity index (χ3n) is 3.20. The Morgan fingerprint density at radius 3 is 2.73 bits per heavy atom. The van der Waals surface area contributed by atoms with Crippen LogP contribution in [0.25, 0.3) is 5.82 Å². The third kappa shape index (κ3) is 4.87. The van der Waals surface area contributed by atoms with Crippen molar-refractivity contribution >= 4 is 11.7 Å². The average molecular weight is 301 g/mol. The first-order valence-electron chi connectivity index (χ1n) is 7.68. The van der Waals surface area contributed by atoms with Crippen molar-refractivity contribution in [3.63, 3.8) is 0 Å². The smallest absolute Gasteiger partial charge is 0.220 e. The molecule has 0 aliphatic rings. The summed E-state index contributed by atoms with van der Waals surface area (Å²) >= 11 is 0. The molecule has 0 bridgehead atoms. The van der Waals surface area contributed by atoms with Gasteiger partial charge in [-0.3, -0.25) is 4.79 Å². The van der Waals surface area contributed by atoms with Crippen molar-refractivity contribution in [3.8, 4) is 5.82 Å². The molecule has 2 aromatic rings. The molecule has 2 rings (SSSR count). The van der Waals surface area contributed by atoms with Crippen molar-refractivity contribution in [2.24, 2.45) is 0 Å². The number of carbonyl (C=O) groups is 1. The van der Waals surface area contributed by atoms with E-state index in [9.17, 15) is 4.79 Å². The highest BCUT2D eigenvalue weighted by Gasteiger charge is 2.03. The van der Waals surface area contributed by atoms with Gasteiger partial charge in [0.1, 0.15) is 17.5 Å². The number of rotatable bonds is 8. The highest BCUT2D eigenvalue weighted by atomic mass is 16.1. The molecule has 0 radical (unpaired) electrons. The molecule has 2 heterocycles. The van der Waals surface area contributed by atoms with Crippen LogP contribution in [0, 0.1) is 6.92 Å². The normalized spacial score (nSPS) is 10.5. The van der Waals surface area contributed by atoms with Gasteiger partial charge in [0.2, 0.25) is 5.91 Å². The van der Waals surface area contributed by atoms with Crippen LogP contribution < -0.4 is 10.6 Å². The first-order chi connectivity index (χ1) is 10.7. The van der Waals surface area contributed by atoms with Crippen LogP contribution in [0.2, 0.25) is 0 Å². The van der Waals surface area contributed by atoms with Crippen LogP contribution in [-0.2, 0) is 4.79 Å². The first kappa shape index (κ1) is 16.0. The maximum atomic E-state index is 11.5. The number of aryl methyl sites for hydroxylation is 1. The summed E-state index contributed by atoms with van der Waals surface area (Å²) in [6, 6.07) is 5.80. The van der Waals surface area contributed by atoms with Gasteiger partial charge >= 0.3 is 0 Å². The zero-order chi connectivity index (χ0) is 15.8. The molecule has 0 saturated carbocycles. The first-order valence-corrected chi connectivity index (χ1v) is 7.68. The number of nitrogens with zero attached hydrogens (tertiary/aromatic N) is 3. The zero-order valence-corrected chi connectivity index (χ0v) is 13.2.